The van der Waals surface area contributed by atoms with E-state index < -0.39 is 28.5 Å². The van der Waals surface area contributed by atoms with Gasteiger partial charge in [0.2, 0.25) is 0 Å². The zero-order valence-corrected chi connectivity index (χ0v) is 25.4. The summed E-state index contributed by atoms with van der Waals surface area (Å²) in [4.78, 5) is 26.4. The number of rotatable bonds is 3. The fourth-order valence-corrected chi connectivity index (χ4v) is 7.49. The van der Waals surface area contributed by atoms with Crippen molar-refractivity contribution >= 4 is 11.9 Å². The van der Waals surface area contributed by atoms with Gasteiger partial charge in [-0.05, 0) is 53.9 Å². The van der Waals surface area contributed by atoms with Gasteiger partial charge in [0, 0.05) is 35.8 Å². The Morgan fingerprint density at radius 3 is 2.54 bits per heavy atom. The Morgan fingerprint density at radius 2 is 1.80 bits per heavy atom. The maximum absolute atomic E-state index is 13.2. The van der Waals surface area contributed by atoms with Gasteiger partial charge in [-0.15, -0.1) is 0 Å². The normalized spacial score (nSPS) is 43.3. The van der Waals surface area contributed by atoms with Crippen LogP contribution in [0.1, 0.15) is 73.6 Å². The Balaban J connectivity index is 1.50. The Kier molecular flexibility index (Phi) is 8.68. The molecule has 0 aromatic rings. The van der Waals surface area contributed by atoms with Crippen molar-refractivity contribution < 1.29 is 38.0 Å². The average Bonchev–Trinajstić information content (AvgIpc) is 3.69. The van der Waals surface area contributed by atoms with Gasteiger partial charge in [-0.1, -0.05) is 42.4 Å². The fraction of sp³-hybridized carbons (Fsp3) is 0.697. The first kappa shape index (κ1) is 30.2. The van der Waals surface area contributed by atoms with Gasteiger partial charge in [0.25, 0.3) is 0 Å². The molecule has 4 bridgehead atoms. The minimum Gasteiger partial charge on any atom is -0.462 e. The predicted molar refractivity (Wildman–Crippen MR) is 153 cm³/mol. The molecule has 8 atom stereocenters. The Labute approximate surface area is 244 Å². The molecule has 4 aliphatic heterocycles. The molecule has 8 nitrogen and oxygen atoms in total. The molecule has 6 rings (SSSR count). The molecule has 0 aromatic heterocycles. The third kappa shape index (κ3) is 5.85. The van der Waals surface area contributed by atoms with Gasteiger partial charge in [0.05, 0.1) is 37.6 Å². The summed E-state index contributed by atoms with van der Waals surface area (Å²) < 4.78 is 37.4. The van der Waals surface area contributed by atoms with E-state index in [2.05, 4.69) is 19.9 Å². The van der Waals surface area contributed by atoms with Crippen LogP contribution < -0.4 is 0 Å². The van der Waals surface area contributed by atoms with Gasteiger partial charge in [-0.3, -0.25) is 0 Å². The van der Waals surface area contributed by atoms with E-state index in [1.807, 2.05) is 33.8 Å². The lowest BCUT2D eigenvalue weighted by Gasteiger charge is -2.56. The smallest absolute Gasteiger partial charge is 0.331 e. The zero-order valence-electron chi connectivity index (χ0n) is 25.4. The van der Waals surface area contributed by atoms with Crippen LogP contribution in [0.4, 0.5) is 0 Å². The molecule has 0 radical (unpaired) electrons. The summed E-state index contributed by atoms with van der Waals surface area (Å²) in [6.07, 6.45) is 12.8. The lowest BCUT2D eigenvalue weighted by Crippen LogP contribution is -2.64. The molecule has 0 N–H and O–H groups in total. The predicted octanol–water partition coefficient (Wildman–Crippen LogP) is 5.17. The Bertz CT molecular complexity index is 1130. The molecule has 4 fully saturated rings. The molecule has 0 aromatic carbocycles. The van der Waals surface area contributed by atoms with Crippen LogP contribution in [0.5, 0.6) is 0 Å². The number of carbonyl (C=O) groups is 2. The monoisotopic (exact) mass is 570 g/mol. The van der Waals surface area contributed by atoms with E-state index in [0.29, 0.717) is 26.1 Å². The van der Waals surface area contributed by atoms with Crippen molar-refractivity contribution in [2.24, 2.45) is 10.8 Å². The molecule has 2 aliphatic carbocycles. The Hall–Kier alpha value is -2.26. The highest BCUT2D eigenvalue weighted by Crippen LogP contribution is 2.69. The molecule has 8 unspecified atom stereocenters. The van der Waals surface area contributed by atoms with Gasteiger partial charge in [-0.2, -0.15) is 0 Å². The van der Waals surface area contributed by atoms with E-state index in [1.54, 1.807) is 18.2 Å². The largest absolute Gasteiger partial charge is 0.462 e. The molecular formula is C33H46O8. The van der Waals surface area contributed by atoms with Gasteiger partial charge < -0.3 is 28.4 Å². The highest BCUT2D eigenvalue weighted by molar-refractivity contribution is 5.83. The number of carbonyl (C=O) groups excluding carboxylic acids is 2. The summed E-state index contributed by atoms with van der Waals surface area (Å²) >= 11 is 0. The van der Waals surface area contributed by atoms with E-state index in [1.165, 1.54) is 11.6 Å². The summed E-state index contributed by atoms with van der Waals surface area (Å²) in [5.41, 5.74) is 0.444. The zero-order chi connectivity index (χ0) is 29.4. The van der Waals surface area contributed by atoms with Crippen LogP contribution in [0.2, 0.25) is 0 Å². The highest BCUT2D eigenvalue weighted by Gasteiger charge is 2.77. The van der Waals surface area contributed by atoms with E-state index in [4.69, 9.17) is 28.4 Å². The first-order valence-corrected chi connectivity index (χ1v) is 15.1. The molecule has 2 spiro atoms. The first-order chi connectivity index (χ1) is 19.5. The van der Waals surface area contributed by atoms with Crippen LogP contribution in [-0.2, 0) is 38.0 Å². The summed E-state index contributed by atoms with van der Waals surface area (Å²) in [5.74, 6) is -0.806. The number of allylic oxidation sites excluding steroid dienone is 3. The van der Waals surface area contributed by atoms with Crippen LogP contribution in [0.25, 0.3) is 0 Å². The van der Waals surface area contributed by atoms with Gasteiger partial charge in [-0.25, -0.2) is 9.59 Å². The van der Waals surface area contributed by atoms with E-state index in [0.717, 1.165) is 24.8 Å². The summed E-state index contributed by atoms with van der Waals surface area (Å²) in [6.45, 7) is 13.3. The molecule has 8 heteroatoms. The van der Waals surface area contributed by atoms with E-state index >= 15 is 0 Å². The second-order valence-corrected chi connectivity index (χ2v) is 13.0. The summed E-state index contributed by atoms with van der Waals surface area (Å²) in [6, 6.07) is 0. The van der Waals surface area contributed by atoms with Crippen LogP contribution in [-0.4, -0.2) is 74.0 Å². The summed E-state index contributed by atoms with van der Waals surface area (Å²) in [7, 11) is 0. The molecular weight excluding hydrogens is 524 g/mol. The summed E-state index contributed by atoms with van der Waals surface area (Å²) in [5, 5.41) is 0. The van der Waals surface area contributed by atoms with Gasteiger partial charge in [0.15, 0.2) is 0 Å². The van der Waals surface area contributed by atoms with Crippen LogP contribution in [0, 0.1) is 10.8 Å². The number of hydrogen-bond acceptors (Lipinski definition) is 8. The number of epoxide rings is 1. The molecule has 4 heterocycles. The maximum Gasteiger partial charge on any atom is 0.331 e. The fourth-order valence-electron chi connectivity index (χ4n) is 7.49. The van der Waals surface area contributed by atoms with Crippen molar-refractivity contribution in [3.8, 4) is 0 Å². The number of esters is 2. The number of ether oxygens (including phenoxy) is 6. The first-order valence-electron chi connectivity index (χ1n) is 15.1. The second-order valence-electron chi connectivity index (χ2n) is 13.0. The highest BCUT2D eigenvalue weighted by atomic mass is 16.6. The number of cyclic esters (lactones) is 1. The molecule has 41 heavy (non-hydrogen) atoms. The Morgan fingerprint density at radius 1 is 1.02 bits per heavy atom. The van der Waals surface area contributed by atoms with E-state index in [9.17, 15) is 9.59 Å². The molecule has 1 saturated carbocycles. The van der Waals surface area contributed by atoms with Gasteiger partial charge in [0.1, 0.15) is 24.4 Å². The third-order valence-corrected chi connectivity index (χ3v) is 9.93. The minimum absolute atomic E-state index is 0.0439. The lowest BCUT2D eigenvalue weighted by molar-refractivity contribution is -0.191. The third-order valence-electron chi connectivity index (χ3n) is 9.93. The van der Waals surface area contributed by atoms with Crippen LogP contribution >= 0.6 is 0 Å². The van der Waals surface area contributed by atoms with Crippen molar-refractivity contribution in [2.45, 2.75) is 116 Å². The van der Waals surface area contributed by atoms with Crippen LogP contribution in [0.3, 0.4) is 0 Å². The van der Waals surface area contributed by atoms with Crippen molar-refractivity contribution in [1.29, 1.82) is 0 Å². The van der Waals surface area contributed by atoms with Crippen LogP contribution in [0.15, 0.2) is 47.6 Å². The second kappa shape index (κ2) is 11.8. The lowest BCUT2D eigenvalue weighted by atomic mass is 9.48. The molecule has 6 aliphatic rings. The van der Waals surface area contributed by atoms with Crippen molar-refractivity contribution in [3.63, 3.8) is 0 Å². The van der Waals surface area contributed by atoms with Crippen molar-refractivity contribution in [2.75, 3.05) is 19.8 Å². The van der Waals surface area contributed by atoms with Crippen molar-refractivity contribution in [1.82, 2.24) is 0 Å². The number of hydrogen-bond donors (Lipinski definition) is 0. The maximum atomic E-state index is 13.2. The topological polar surface area (TPSA) is 92.8 Å². The molecule has 0 amide bonds. The SMILES string of the molecule is CC1=CC2OC3CC4OC(=O)/C=C\C=C\C(C(C)OC(C)C)OCC/C(C)=C/C(=O)OCC2(CC1)C4(C)C1(CO1)C3. The molecule has 3 saturated heterocycles. The standard InChI is InChI=1S/C33H46O8/c1-21(2)39-24(5)26-9-7-8-10-29(34)41-27-17-25-18-33(20-38-33)31(27,6)32(13-11-22(3)15-28(32)40-25)19-37-30(35)16-23(4)12-14-36-26/h7-10,15-16,21,24-28H,11-14,17-20H2,1-6H3/b9-7+,10-8-,23-16+. The quantitative estimate of drug-likeness (QED) is 0.261. The average molecular weight is 571 g/mol. The van der Waals surface area contributed by atoms with Gasteiger partial charge >= 0.3 is 11.9 Å². The minimum atomic E-state index is -0.610. The van der Waals surface area contributed by atoms with E-state index in [-0.39, 0.29) is 43.1 Å². The molecule has 226 valence electrons. The van der Waals surface area contributed by atoms with Crippen molar-refractivity contribution in [3.05, 3.63) is 47.6 Å².